The van der Waals surface area contributed by atoms with Crippen LogP contribution in [0.4, 0.5) is 0 Å². The highest BCUT2D eigenvalue weighted by Gasteiger charge is 2.05. The van der Waals surface area contributed by atoms with Crippen LogP contribution in [0.15, 0.2) is 48.5 Å². The summed E-state index contributed by atoms with van der Waals surface area (Å²) < 4.78 is 0. The number of carbonyl (C=O) groups is 1. The van der Waals surface area contributed by atoms with Crippen molar-refractivity contribution in [1.29, 1.82) is 0 Å². The van der Waals surface area contributed by atoms with Crippen molar-refractivity contribution in [2.24, 2.45) is 0 Å². The number of carboxylic acids is 1. The number of hydrogen-bond acceptors (Lipinski definition) is 3. The third-order valence-electron chi connectivity index (χ3n) is 4.93. The molecule has 0 saturated carbocycles. The van der Waals surface area contributed by atoms with Crippen molar-refractivity contribution in [2.45, 2.75) is 77.6 Å². The molecule has 2 rings (SSSR count). The quantitative estimate of drug-likeness (QED) is 0.337. The molecule has 0 spiro atoms. The summed E-state index contributed by atoms with van der Waals surface area (Å²) in [5, 5.41) is 27.0. The zero-order valence-corrected chi connectivity index (χ0v) is 17.6. The fourth-order valence-electron chi connectivity index (χ4n) is 3.18. The second-order valence-electron chi connectivity index (χ2n) is 7.38. The summed E-state index contributed by atoms with van der Waals surface area (Å²) in [4.78, 5) is 10.3. The lowest BCUT2D eigenvalue weighted by atomic mass is 10.0. The molecule has 0 unspecified atom stereocenters. The van der Waals surface area contributed by atoms with Gasteiger partial charge in [-0.1, -0.05) is 95.0 Å². The Morgan fingerprint density at radius 2 is 1.17 bits per heavy atom. The third-order valence-corrected chi connectivity index (χ3v) is 4.93. The summed E-state index contributed by atoms with van der Waals surface area (Å²) in [5.74, 6) is -0.855. The van der Waals surface area contributed by atoms with E-state index in [-0.39, 0.29) is 11.3 Å². The number of carboxylic acid groups (broad SMARTS) is 1. The largest absolute Gasteiger partial charge is 0.508 e. The third kappa shape index (κ3) is 11.2. The second-order valence-corrected chi connectivity index (χ2v) is 7.38. The van der Waals surface area contributed by atoms with Gasteiger partial charge in [0.1, 0.15) is 17.1 Å². The molecule has 2 aromatic rings. The fourth-order valence-corrected chi connectivity index (χ4v) is 3.18. The molecule has 29 heavy (non-hydrogen) atoms. The highest BCUT2D eigenvalue weighted by atomic mass is 16.4. The normalized spacial score (nSPS) is 10.2. The Balaban J connectivity index is 0.000000352. The molecule has 0 atom stereocenters. The maximum atomic E-state index is 10.3. The van der Waals surface area contributed by atoms with Crippen molar-refractivity contribution < 1.29 is 20.1 Å². The number of phenolic OH excluding ortho intramolecular Hbond substituents is 1. The second kappa shape index (κ2) is 15.4. The molecule has 0 amide bonds. The van der Waals surface area contributed by atoms with E-state index in [2.05, 4.69) is 6.92 Å². The van der Waals surface area contributed by atoms with E-state index in [9.17, 15) is 9.90 Å². The monoisotopic (exact) mass is 400 g/mol. The van der Waals surface area contributed by atoms with Crippen LogP contribution in [0.2, 0.25) is 0 Å². The van der Waals surface area contributed by atoms with Crippen LogP contribution < -0.4 is 0 Å². The number of phenols is 2. The van der Waals surface area contributed by atoms with Crippen molar-refractivity contribution in [2.75, 3.05) is 0 Å². The standard InChI is InChI=1S/C18H30O.C7H6O3/c1-2-3-4-5-6-7-8-9-10-11-14-17-15-12-13-16-18(17)19;8-6-4-2-1-3-5(6)7(9)10/h12-13,15-16,19H,2-11,14H2,1H3;1-4,8H,(H,9,10). The Bertz CT molecular complexity index is 697. The predicted octanol–water partition coefficient (Wildman–Crippen LogP) is 6.95. The zero-order valence-electron chi connectivity index (χ0n) is 17.6. The van der Waals surface area contributed by atoms with Gasteiger partial charge >= 0.3 is 5.97 Å². The minimum absolute atomic E-state index is 0.0671. The van der Waals surface area contributed by atoms with E-state index in [1.54, 1.807) is 18.2 Å². The average Bonchev–Trinajstić information content (AvgIpc) is 2.71. The van der Waals surface area contributed by atoms with E-state index in [1.165, 1.54) is 76.3 Å². The van der Waals surface area contributed by atoms with Gasteiger partial charge in [-0.15, -0.1) is 0 Å². The highest BCUT2D eigenvalue weighted by Crippen LogP contribution is 2.19. The Morgan fingerprint density at radius 3 is 1.66 bits per heavy atom. The van der Waals surface area contributed by atoms with Gasteiger partial charge in [0.15, 0.2) is 0 Å². The first-order valence-electron chi connectivity index (χ1n) is 10.8. The van der Waals surface area contributed by atoms with Crippen molar-refractivity contribution >= 4 is 5.97 Å². The fraction of sp³-hybridized carbons (Fsp3) is 0.480. The van der Waals surface area contributed by atoms with Crippen LogP contribution in [0, 0.1) is 0 Å². The van der Waals surface area contributed by atoms with Crippen molar-refractivity contribution in [3.05, 3.63) is 59.7 Å². The van der Waals surface area contributed by atoms with Crippen molar-refractivity contribution in [3.8, 4) is 11.5 Å². The number of unbranched alkanes of at least 4 members (excludes halogenated alkanes) is 9. The Kier molecular flexibility index (Phi) is 13.1. The molecule has 0 aromatic heterocycles. The Morgan fingerprint density at radius 1 is 0.690 bits per heavy atom. The molecule has 0 bridgehead atoms. The highest BCUT2D eigenvalue weighted by molar-refractivity contribution is 5.90. The van der Waals surface area contributed by atoms with Crippen molar-refractivity contribution in [3.63, 3.8) is 0 Å². The molecular formula is C25H36O4. The number of para-hydroxylation sites is 2. The number of aromatic hydroxyl groups is 2. The van der Waals surface area contributed by atoms with Crippen LogP contribution >= 0.6 is 0 Å². The van der Waals surface area contributed by atoms with Gasteiger partial charge in [0.05, 0.1) is 0 Å². The minimum atomic E-state index is -1.11. The van der Waals surface area contributed by atoms with Crippen LogP contribution in [0.1, 0.15) is 87.1 Å². The predicted molar refractivity (Wildman–Crippen MR) is 119 cm³/mol. The first kappa shape index (κ1) is 24.5. The first-order valence-corrected chi connectivity index (χ1v) is 10.8. The molecule has 4 nitrogen and oxygen atoms in total. The Hall–Kier alpha value is -2.49. The number of benzene rings is 2. The van der Waals surface area contributed by atoms with E-state index in [0.29, 0.717) is 5.75 Å². The van der Waals surface area contributed by atoms with Crippen LogP contribution in [-0.2, 0) is 6.42 Å². The summed E-state index contributed by atoms with van der Waals surface area (Å²) in [7, 11) is 0. The lowest BCUT2D eigenvalue weighted by Crippen LogP contribution is -1.95. The molecule has 0 heterocycles. The van der Waals surface area contributed by atoms with E-state index in [1.807, 2.05) is 18.2 Å². The van der Waals surface area contributed by atoms with Gasteiger partial charge < -0.3 is 15.3 Å². The maximum Gasteiger partial charge on any atom is 0.339 e. The minimum Gasteiger partial charge on any atom is -0.508 e. The van der Waals surface area contributed by atoms with Gasteiger partial charge in [-0.2, -0.15) is 0 Å². The van der Waals surface area contributed by atoms with Crippen LogP contribution in [0.25, 0.3) is 0 Å². The maximum absolute atomic E-state index is 10.3. The average molecular weight is 401 g/mol. The molecule has 0 saturated heterocycles. The number of aryl methyl sites for hydroxylation is 1. The van der Waals surface area contributed by atoms with Gasteiger partial charge in [-0.25, -0.2) is 4.79 Å². The SMILES string of the molecule is CCCCCCCCCCCCc1ccccc1O.O=C(O)c1ccccc1O. The molecule has 0 aliphatic rings. The van der Waals surface area contributed by atoms with E-state index < -0.39 is 5.97 Å². The van der Waals surface area contributed by atoms with Gasteiger partial charge in [0, 0.05) is 0 Å². The molecule has 2 aromatic carbocycles. The molecule has 0 fully saturated rings. The number of aromatic carboxylic acids is 1. The lowest BCUT2D eigenvalue weighted by Gasteiger charge is -2.04. The van der Waals surface area contributed by atoms with Crippen LogP contribution in [-0.4, -0.2) is 21.3 Å². The van der Waals surface area contributed by atoms with Crippen molar-refractivity contribution in [1.82, 2.24) is 0 Å². The molecule has 0 aliphatic heterocycles. The summed E-state index contributed by atoms with van der Waals surface area (Å²) in [5.41, 5.74) is 1.03. The summed E-state index contributed by atoms with van der Waals surface area (Å²) in [6, 6.07) is 13.5. The molecular weight excluding hydrogens is 364 g/mol. The molecule has 160 valence electrons. The van der Waals surface area contributed by atoms with Gasteiger partial charge in [-0.05, 0) is 36.6 Å². The smallest absolute Gasteiger partial charge is 0.339 e. The molecule has 0 aliphatic carbocycles. The number of hydrogen-bond donors (Lipinski definition) is 3. The lowest BCUT2D eigenvalue weighted by molar-refractivity contribution is 0.0693. The number of rotatable bonds is 12. The van der Waals surface area contributed by atoms with E-state index in [4.69, 9.17) is 10.2 Å². The van der Waals surface area contributed by atoms with Gasteiger partial charge in [0.25, 0.3) is 0 Å². The van der Waals surface area contributed by atoms with Crippen LogP contribution in [0.3, 0.4) is 0 Å². The summed E-state index contributed by atoms with van der Waals surface area (Å²) in [6.45, 7) is 2.27. The topological polar surface area (TPSA) is 77.8 Å². The Labute approximate surface area is 175 Å². The summed E-state index contributed by atoms with van der Waals surface area (Å²) >= 11 is 0. The molecule has 4 heteroatoms. The zero-order chi connectivity index (χ0) is 21.3. The van der Waals surface area contributed by atoms with E-state index in [0.717, 1.165) is 12.0 Å². The van der Waals surface area contributed by atoms with Gasteiger partial charge in [-0.3, -0.25) is 0 Å². The molecule has 3 N–H and O–H groups in total. The molecule has 0 radical (unpaired) electrons. The summed E-state index contributed by atoms with van der Waals surface area (Å²) in [6.07, 6.45) is 14.6. The van der Waals surface area contributed by atoms with Gasteiger partial charge in [0.2, 0.25) is 0 Å². The first-order chi connectivity index (χ1) is 14.1. The van der Waals surface area contributed by atoms with Crippen LogP contribution in [0.5, 0.6) is 11.5 Å². The van der Waals surface area contributed by atoms with E-state index >= 15 is 0 Å².